The molecule has 4 N–H and O–H groups in total. The van der Waals surface area contributed by atoms with Crippen molar-refractivity contribution in [3.05, 3.63) is 48.3 Å². The molecule has 1 aromatic heterocycles. The number of hydrogen-bond donors (Lipinski definition) is 3. The molecule has 2 aromatic carbocycles. The Labute approximate surface area is 120 Å². The predicted octanol–water partition coefficient (Wildman–Crippen LogP) is 2.41. The van der Waals surface area contributed by atoms with Crippen LogP contribution in [0.15, 0.2) is 42.7 Å². The highest BCUT2D eigenvalue weighted by Gasteiger charge is 2.09. The highest BCUT2D eigenvalue weighted by atomic mass is 16.5. The Hall–Kier alpha value is -3.02. The monoisotopic (exact) mass is 282 g/mol. The van der Waals surface area contributed by atoms with Crippen LogP contribution < -0.4 is 15.8 Å². The van der Waals surface area contributed by atoms with E-state index in [1.165, 1.54) is 7.11 Å². The fourth-order valence-corrected chi connectivity index (χ4v) is 2.07. The second-order valence-electron chi connectivity index (χ2n) is 4.55. The standard InChI is InChI=1S/C15H14N4O2/c1-21-14-7-10(3-4-11(14)16)19-15(20)9-2-5-12-13(6-9)18-8-17-12/h2-8H,16H2,1H3,(H,17,18)(H,19,20). The van der Waals surface area contributed by atoms with Crippen LogP contribution in [0, 0.1) is 0 Å². The number of nitrogens with two attached hydrogens (primary N) is 1. The summed E-state index contributed by atoms with van der Waals surface area (Å²) in [6.45, 7) is 0. The van der Waals surface area contributed by atoms with Crippen LogP contribution in [0.25, 0.3) is 11.0 Å². The molecular weight excluding hydrogens is 268 g/mol. The number of methoxy groups -OCH3 is 1. The largest absolute Gasteiger partial charge is 0.495 e. The van der Waals surface area contributed by atoms with Crippen molar-refractivity contribution in [3.63, 3.8) is 0 Å². The number of anilines is 2. The van der Waals surface area contributed by atoms with Crippen LogP contribution in [0.2, 0.25) is 0 Å². The molecule has 0 saturated heterocycles. The van der Waals surface area contributed by atoms with Gasteiger partial charge in [-0.25, -0.2) is 4.98 Å². The molecule has 0 aliphatic heterocycles. The summed E-state index contributed by atoms with van der Waals surface area (Å²) in [6.07, 6.45) is 1.59. The normalized spacial score (nSPS) is 10.5. The summed E-state index contributed by atoms with van der Waals surface area (Å²) in [7, 11) is 1.53. The highest BCUT2D eigenvalue weighted by Crippen LogP contribution is 2.25. The van der Waals surface area contributed by atoms with Crippen LogP contribution in [0.1, 0.15) is 10.4 Å². The SMILES string of the molecule is COc1cc(NC(=O)c2ccc3nc[nH]c3c2)ccc1N. The number of benzene rings is 2. The minimum atomic E-state index is -0.210. The van der Waals surface area contributed by atoms with Crippen LogP contribution in [0.5, 0.6) is 5.75 Å². The number of nitrogens with zero attached hydrogens (tertiary/aromatic N) is 1. The van der Waals surface area contributed by atoms with Crippen LogP contribution in [-0.4, -0.2) is 23.0 Å². The molecule has 0 radical (unpaired) electrons. The molecule has 1 amide bonds. The summed E-state index contributed by atoms with van der Waals surface area (Å²) in [5.74, 6) is 0.315. The average molecular weight is 282 g/mol. The summed E-state index contributed by atoms with van der Waals surface area (Å²) in [5, 5.41) is 2.81. The zero-order chi connectivity index (χ0) is 14.8. The van der Waals surface area contributed by atoms with Crippen LogP contribution in [-0.2, 0) is 0 Å². The van der Waals surface area contributed by atoms with E-state index in [0.717, 1.165) is 11.0 Å². The number of H-pyrrole nitrogens is 1. The van der Waals surface area contributed by atoms with Crippen molar-refractivity contribution in [1.29, 1.82) is 0 Å². The summed E-state index contributed by atoms with van der Waals surface area (Å²) < 4.78 is 5.13. The number of hydrogen-bond acceptors (Lipinski definition) is 4. The number of nitrogens with one attached hydrogen (secondary N) is 2. The Balaban J connectivity index is 1.85. The lowest BCUT2D eigenvalue weighted by Crippen LogP contribution is -2.12. The van der Waals surface area contributed by atoms with E-state index >= 15 is 0 Å². The molecule has 6 nitrogen and oxygen atoms in total. The van der Waals surface area contributed by atoms with Gasteiger partial charge in [-0.15, -0.1) is 0 Å². The fraction of sp³-hybridized carbons (Fsp3) is 0.0667. The van der Waals surface area contributed by atoms with Gasteiger partial charge < -0.3 is 20.8 Å². The summed E-state index contributed by atoms with van der Waals surface area (Å²) in [4.78, 5) is 19.3. The molecular formula is C15H14N4O2. The lowest BCUT2D eigenvalue weighted by molar-refractivity contribution is 0.102. The first-order valence-corrected chi connectivity index (χ1v) is 6.35. The zero-order valence-corrected chi connectivity index (χ0v) is 11.4. The van der Waals surface area contributed by atoms with E-state index in [1.807, 2.05) is 0 Å². The van der Waals surface area contributed by atoms with Crippen LogP contribution >= 0.6 is 0 Å². The van der Waals surface area contributed by atoms with Crippen molar-refractivity contribution in [3.8, 4) is 5.75 Å². The van der Waals surface area contributed by atoms with E-state index in [1.54, 1.807) is 42.7 Å². The lowest BCUT2D eigenvalue weighted by atomic mass is 10.2. The molecule has 0 aliphatic rings. The van der Waals surface area contributed by atoms with Gasteiger partial charge in [-0.1, -0.05) is 0 Å². The van der Waals surface area contributed by atoms with Gasteiger partial charge in [0.05, 0.1) is 30.2 Å². The molecule has 3 rings (SSSR count). The second kappa shape index (κ2) is 5.16. The molecule has 106 valence electrons. The number of ether oxygens (including phenoxy) is 1. The van der Waals surface area contributed by atoms with Gasteiger partial charge in [0.2, 0.25) is 0 Å². The van der Waals surface area contributed by atoms with Crippen molar-refractivity contribution in [2.24, 2.45) is 0 Å². The topological polar surface area (TPSA) is 93.0 Å². The minimum absolute atomic E-state index is 0.210. The number of aromatic amines is 1. The predicted molar refractivity (Wildman–Crippen MR) is 81.5 cm³/mol. The van der Waals surface area contributed by atoms with Crippen molar-refractivity contribution < 1.29 is 9.53 Å². The number of amides is 1. The lowest BCUT2D eigenvalue weighted by Gasteiger charge is -2.09. The quantitative estimate of drug-likeness (QED) is 0.643. The summed E-state index contributed by atoms with van der Waals surface area (Å²) in [5.41, 5.74) is 9.07. The number of carbonyl (C=O) groups is 1. The second-order valence-corrected chi connectivity index (χ2v) is 4.55. The number of nitrogen functional groups attached to an aromatic ring is 1. The van der Waals surface area contributed by atoms with Crippen molar-refractivity contribution >= 4 is 28.3 Å². The van der Waals surface area contributed by atoms with Crippen molar-refractivity contribution in [2.45, 2.75) is 0 Å². The van der Waals surface area contributed by atoms with E-state index in [4.69, 9.17) is 10.5 Å². The Kier molecular flexibility index (Phi) is 3.19. The van der Waals surface area contributed by atoms with Crippen LogP contribution in [0.4, 0.5) is 11.4 Å². The third-order valence-electron chi connectivity index (χ3n) is 3.17. The van der Waals surface area contributed by atoms with Crippen molar-refractivity contribution in [1.82, 2.24) is 9.97 Å². The van der Waals surface area contributed by atoms with Gasteiger partial charge >= 0.3 is 0 Å². The smallest absolute Gasteiger partial charge is 0.255 e. The number of carbonyl (C=O) groups excluding carboxylic acids is 1. The summed E-state index contributed by atoms with van der Waals surface area (Å²) in [6, 6.07) is 10.4. The Morgan fingerprint density at radius 3 is 2.95 bits per heavy atom. The van der Waals surface area contributed by atoms with E-state index in [2.05, 4.69) is 15.3 Å². The van der Waals surface area contributed by atoms with E-state index in [9.17, 15) is 4.79 Å². The number of rotatable bonds is 3. The van der Waals surface area contributed by atoms with Gasteiger partial charge in [-0.3, -0.25) is 4.79 Å². The van der Waals surface area contributed by atoms with Gasteiger partial charge in [0, 0.05) is 17.3 Å². The first kappa shape index (κ1) is 13.0. The third-order valence-corrected chi connectivity index (χ3v) is 3.17. The molecule has 0 fully saturated rings. The first-order chi connectivity index (χ1) is 10.2. The number of fused-ring (bicyclic) bond motifs is 1. The molecule has 6 heteroatoms. The number of aromatic nitrogens is 2. The van der Waals surface area contributed by atoms with E-state index in [0.29, 0.717) is 22.7 Å². The molecule has 1 heterocycles. The maximum atomic E-state index is 12.2. The Bertz CT molecular complexity index is 810. The maximum Gasteiger partial charge on any atom is 0.255 e. The molecule has 0 saturated carbocycles. The van der Waals surface area contributed by atoms with E-state index in [-0.39, 0.29) is 5.91 Å². The molecule has 21 heavy (non-hydrogen) atoms. The van der Waals surface area contributed by atoms with Gasteiger partial charge in [-0.05, 0) is 30.3 Å². The maximum absolute atomic E-state index is 12.2. The molecule has 3 aromatic rings. The summed E-state index contributed by atoms with van der Waals surface area (Å²) >= 11 is 0. The highest BCUT2D eigenvalue weighted by molar-refractivity contribution is 6.06. The Morgan fingerprint density at radius 2 is 2.14 bits per heavy atom. The molecule has 0 aliphatic carbocycles. The third kappa shape index (κ3) is 2.51. The molecule has 0 atom stereocenters. The molecule has 0 unspecified atom stereocenters. The first-order valence-electron chi connectivity index (χ1n) is 6.35. The van der Waals surface area contributed by atoms with Crippen LogP contribution in [0.3, 0.4) is 0 Å². The van der Waals surface area contributed by atoms with Gasteiger partial charge in [-0.2, -0.15) is 0 Å². The molecule has 0 bridgehead atoms. The van der Waals surface area contributed by atoms with Gasteiger partial charge in [0.25, 0.3) is 5.91 Å². The fourth-order valence-electron chi connectivity index (χ4n) is 2.07. The number of imidazole rings is 1. The average Bonchev–Trinajstić information content (AvgIpc) is 2.96. The van der Waals surface area contributed by atoms with Gasteiger partial charge in [0.15, 0.2) is 0 Å². The minimum Gasteiger partial charge on any atom is -0.495 e. The van der Waals surface area contributed by atoms with Gasteiger partial charge in [0.1, 0.15) is 5.75 Å². The van der Waals surface area contributed by atoms with Crippen molar-refractivity contribution in [2.75, 3.05) is 18.2 Å². The zero-order valence-electron chi connectivity index (χ0n) is 11.4. The van der Waals surface area contributed by atoms with E-state index < -0.39 is 0 Å². The Morgan fingerprint density at radius 1 is 1.29 bits per heavy atom. The molecule has 0 spiro atoms.